The van der Waals surface area contributed by atoms with Gasteiger partial charge in [-0.25, -0.2) is 22.7 Å². The topological polar surface area (TPSA) is 83.5 Å². The molecule has 1 fully saturated rings. The Bertz CT molecular complexity index is 755. The van der Waals surface area contributed by atoms with Crippen molar-refractivity contribution >= 4 is 15.9 Å². The van der Waals surface area contributed by atoms with Gasteiger partial charge in [0, 0.05) is 57.2 Å². The maximum absolute atomic E-state index is 12.3. The molecule has 138 valence electrons. The van der Waals surface area contributed by atoms with Crippen LogP contribution in [-0.2, 0) is 27.8 Å². The summed E-state index contributed by atoms with van der Waals surface area (Å²) in [6.07, 6.45) is 4.10. The fourth-order valence-corrected chi connectivity index (χ4v) is 4.78. The first-order valence-corrected chi connectivity index (χ1v) is 10.4. The van der Waals surface area contributed by atoms with E-state index in [2.05, 4.69) is 4.98 Å². The van der Waals surface area contributed by atoms with Gasteiger partial charge in [0.25, 0.3) is 0 Å². The van der Waals surface area contributed by atoms with Crippen molar-refractivity contribution in [3.05, 3.63) is 23.3 Å². The van der Waals surface area contributed by atoms with Crippen LogP contribution in [0.1, 0.15) is 56.6 Å². The van der Waals surface area contributed by atoms with Crippen molar-refractivity contribution in [3.63, 3.8) is 0 Å². The number of amides is 1. The van der Waals surface area contributed by atoms with E-state index in [1.165, 1.54) is 0 Å². The summed E-state index contributed by atoms with van der Waals surface area (Å²) in [5, 5.41) is -0.381. The van der Waals surface area contributed by atoms with Crippen LogP contribution < -0.4 is 0 Å². The lowest BCUT2D eigenvalue weighted by molar-refractivity contribution is -0.129. The molecular formula is C17H26N4O3S. The second kappa shape index (κ2) is 6.99. The Labute approximate surface area is 149 Å². The number of sulfonamides is 1. The molecule has 0 radical (unpaired) electrons. The third-order valence-electron chi connectivity index (χ3n) is 5.17. The van der Waals surface area contributed by atoms with E-state index in [1.807, 2.05) is 6.20 Å². The van der Waals surface area contributed by atoms with Crippen molar-refractivity contribution in [1.29, 1.82) is 0 Å². The summed E-state index contributed by atoms with van der Waals surface area (Å²) in [6.45, 7) is 7.36. The van der Waals surface area contributed by atoms with Crippen LogP contribution in [0.2, 0.25) is 0 Å². The first kappa shape index (κ1) is 18.3. The molecule has 0 aromatic carbocycles. The SMILES string of the molecule is CC(=O)N1CCc2nc(C3CCN(S(=O)(=O)C(C)C)CC3)ncc2C1. The van der Waals surface area contributed by atoms with Crippen molar-refractivity contribution in [3.8, 4) is 0 Å². The van der Waals surface area contributed by atoms with Gasteiger partial charge in [-0.2, -0.15) is 0 Å². The Balaban J connectivity index is 1.68. The monoisotopic (exact) mass is 366 g/mol. The van der Waals surface area contributed by atoms with Gasteiger partial charge in [0.05, 0.1) is 10.9 Å². The molecule has 0 unspecified atom stereocenters. The fourth-order valence-electron chi connectivity index (χ4n) is 3.46. The number of hydrogen-bond acceptors (Lipinski definition) is 5. The Morgan fingerprint density at radius 2 is 1.92 bits per heavy atom. The van der Waals surface area contributed by atoms with Gasteiger partial charge in [-0.05, 0) is 26.7 Å². The number of fused-ring (bicyclic) bond motifs is 1. The summed E-state index contributed by atoms with van der Waals surface area (Å²) in [7, 11) is -3.18. The Morgan fingerprint density at radius 3 is 2.52 bits per heavy atom. The van der Waals surface area contributed by atoms with E-state index in [9.17, 15) is 13.2 Å². The number of rotatable bonds is 3. The van der Waals surface area contributed by atoms with Crippen LogP contribution in [0.25, 0.3) is 0 Å². The van der Waals surface area contributed by atoms with Gasteiger partial charge in [-0.3, -0.25) is 4.79 Å². The molecule has 2 aliphatic heterocycles. The molecule has 3 rings (SSSR count). The third kappa shape index (κ3) is 3.69. The largest absolute Gasteiger partial charge is 0.338 e. The molecule has 2 aliphatic rings. The van der Waals surface area contributed by atoms with Crippen molar-refractivity contribution < 1.29 is 13.2 Å². The lowest BCUT2D eigenvalue weighted by Gasteiger charge is -2.32. The maximum Gasteiger partial charge on any atom is 0.219 e. The summed E-state index contributed by atoms with van der Waals surface area (Å²) in [4.78, 5) is 22.6. The Hall–Kier alpha value is -1.54. The van der Waals surface area contributed by atoms with Crippen molar-refractivity contribution in [1.82, 2.24) is 19.2 Å². The van der Waals surface area contributed by atoms with Crippen LogP contribution in [0.5, 0.6) is 0 Å². The highest BCUT2D eigenvalue weighted by molar-refractivity contribution is 7.89. The van der Waals surface area contributed by atoms with E-state index in [1.54, 1.807) is 30.0 Å². The first-order chi connectivity index (χ1) is 11.8. The van der Waals surface area contributed by atoms with Crippen LogP contribution in [0.3, 0.4) is 0 Å². The summed E-state index contributed by atoms with van der Waals surface area (Å²) in [5.74, 6) is 1.10. The average molecular weight is 366 g/mol. The number of piperidine rings is 1. The molecule has 0 spiro atoms. The first-order valence-electron chi connectivity index (χ1n) is 8.88. The normalized spacial score (nSPS) is 19.9. The highest BCUT2D eigenvalue weighted by atomic mass is 32.2. The minimum Gasteiger partial charge on any atom is -0.338 e. The zero-order valence-electron chi connectivity index (χ0n) is 15.1. The third-order valence-corrected chi connectivity index (χ3v) is 7.45. The summed E-state index contributed by atoms with van der Waals surface area (Å²) in [5.41, 5.74) is 2.05. The molecule has 1 saturated heterocycles. The van der Waals surface area contributed by atoms with Crippen LogP contribution >= 0.6 is 0 Å². The zero-order valence-corrected chi connectivity index (χ0v) is 15.9. The van der Waals surface area contributed by atoms with Crippen LogP contribution in [0, 0.1) is 0 Å². The standard InChI is InChI=1S/C17H26N4O3S/c1-12(2)25(23,24)21-8-4-14(5-9-21)17-18-10-15-11-20(13(3)22)7-6-16(15)19-17/h10,12,14H,4-9,11H2,1-3H3. The smallest absolute Gasteiger partial charge is 0.219 e. The molecule has 1 aromatic heterocycles. The quantitative estimate of drug-likeness (QED) is 0.805. The van der Waals surface area contributed by atoms with Crippen LogP contribution in [-0.4, -0.2) is 58.4 Å². The molecule has 1 aromatic rings. The summed E-state index contributed by atoms with van der Waals surface area (Å²) in [6, 6.07) is 0. The molecule has 8 heteroatoms. The molecule has 0 bridgehead atoms. The number of carbonyl (C=O) groups is 1. The molecular weight excluding hydrogens is 340 g/mol. The minimum absolute atomic E-state index is 0.0773. The molecule has 3 heterocycles. The predicted molar refractivity (Wildman–Crippen MR) is 94.4 cm³/mol. The van der Waals surface area contributed by atoms with Gasteiger partial charge >= 0.3 is 0 Å². The van der Waals surface area contributed by atoms with Gasteiger partial charge in [-0.15, -0.1) is 0 Å². The van der Waals surface area contributed by atoms with Gasteiger partial charge in [0.2, 0.25) is 15.9 Å². The second-order valence-electron chi connectivity index (χ2n) is 7.16. The molecule has 0 N–H and O–H groups in total. The lowest BCUT2D eigenvalue weighted by Crippen LogP contribution is -2.41. The molecule has 0 atom stereocenters. The zero-order chi connectivity index (χ0) is 18.2. The van der Waals surface area contributed by atoms with Gasteiger partial charge in [0.1, 0.15) is 5.82 Å². The number of carbonyl (C=O) groups excluding carboxylic acids is 1. The summed E-state index contributed by atoms with van der Waals surface area (Å²) >= 11 is 0. The number of aromatic nitrogens is 2. The molecule has 7 nitrogen and oxygen atoms in total. The average Bonchev–Trinajstić information content (AvgIpc) is 2.60. The second-order valence-corrected chi connectivity index (χ2v) is 9.65. The van der Waals surface area contributed by atoms with Crippen molar-refractivity contribution in [2.45, 2.75) is 57.7 Å². The molecule has 25 heavy (non-hydrogen) atoms. The number of hydrogen-bond donors (Lipinski definition) is 0. The van der Waals surface area contributed by atoms with Gasteiger partial charge in [-0.1, -0.05) is 0 Å². The van der Waals surface area contributed by atoms with E-state index < -0.39 is 10.0 Å². The Morgan fingerprint density at radius 1 is 1.24 bits per heavy atom. The molecule has 0 saturated carbocycles. The van der Waals surface area contributed by atoms with Crippen molar-refractivity contribution in [2.24, 2.45) is 0 Å². The van der Waals surface area contributed by atoms with Crippen molar-refractivity contribution in [2.75, 3.05) is 19.6 Å². The maximum atomic E-state index is 12.3. The van der Waals surface area contributed by atoms with Crippen LogP contribution in [0.4, 0.5) is 0 Å². The minimum atomic E-state index is -3.18. The predicted octanol–water partition coefficient (Wildman–Crippen LogP) is 1.30. The van der Waals surface area contributed by atoms with E-state index in [4.69, 9.17) is 4.98 Å². The van der Waals surface area contributed by atoms with Gasteiger partial charge < -0.3 is 4.90 Å². The lowest BCUT2D eigenvalue weighted by atomic mass is 9.96. The summed E-state index contributed by atoms with van der Waals surface area (Å²) < 4.78 is 26.1. The molecule has 1 amide bonds. The molecule has 0 aliphatic carbocycles. The highest BCUT2D eigenvalue weighted by Gasteiger charge is 2.32. The van der Waals surface area contributed by atoms with E-state index in [0.29, 0.717) is 26.2 Å². The van der Waals surface area contributed by atoms with E-state index in [0.717, 1.165) is 36.3 Å². The fraction of sp³-hybridized carbons (Fsp3) is 0.706. The van der Waals surface area contributed by atoms with E-state index >= 15 is 0 Å². The Kier molecular flexibility index (Phi) is 5.11. The highest BCUT2D eigenvalue weighted by Crippen LogP contribution is 2.29. The number of nitrogens with zero attached hydrogens (tertiary/aromatic N) is 4. The van der Waals surface area contributed by atoms with Crippen LogP contribution in [0.15, 0.2) is 6.20 Å². The van der Waals surface area contributed by atoms with E-state index in [-0.39, 0.29) is 17.1 Å². The van der Waals surface area contributed by atoms with Gasteiger partial charge in [0.15, 0.2) is 0 Å².